The van der Waals surface area contributed by atoms with E-state index in [9.17, 15) is 22.4 Å². The smallest absolute Gasteiger partial charge is 0.328 e. The fourth-order valence-corrected chi connectivity index (χ4v) is 2.94. The van der Waals surface area contributed by atoms with Gasteiger partial charge in [0.2, 0.25) is 0 Å². The molecule has 0 fully saturated rings. The van der Waals surface area contributed by atoms with Crippen molar-refractivity contribution in [1.82, 2.24) is 9.88 Å². The molecular weight excluding hydrogens is 344 g/mol. The monoisotopic (exact) mass is 360 g/mol. The van der Waals surface area contributed by atoms with Crippen LogP contribution in [0.25, 0.3) is 10.6 Å². The summed E-state index contributed by atoms with van der Waals surface area (Å²) in [4.78, 5) is 17.2. The standard InChI is InChI=1S/C16H16F4N2OS/c1-10(2)7-22(9-16(18,19)20)15(23)13-8-24-14(21-13)11-3-5-12(17)6-4-11/h3-6,8,10H,7,9H2,1-2H3. The average Bonchev–Trinajstić information content (AvgIpc) is 2.94. The number of aromatic nitrogens is 1. The van der Waals surface area contributed by atoms with E-state index in [-0.39, 0.29) is 18.2 Å². The molecule has 8 heteroatoms. The number of hydrogen-bond donors (Lipinski definition) is 0. The fraction of sp³-hybridized carbons (Fsp3) is 0.375. The molecule has 0 aliphatic heterocycles. The molecule has 0 saturated heterocycles. The van der Waals surface area contributed by atoms with Crippen molar-refractivity contribution >= 4 is 17.2 Å². The van der Waals surface area contributed by atoms with Gasteiger partial charge in [-0.05, 0) is 30.2 Å². The second-order valence-corrected chi connectivity index (χ2v) is 6.60. The highest BCUT2D eigenvalue weighted by molar-refractivity contribution is 7.13. The SMILES string of the molecule is CC(C)CN(CC(F)(F)F)C(=O)c1csc(-c2ccc(F)cc2)n1. The van der Waals surface area contributed by atoms with Gasteiger partial charge in [0.15, 0.2) is 0 Å². The minimum atomic E-state index is -4.47. The third kappa shape index (κ3) is 5.02. The van der Waals surface area contributed by atoms with E-state index in [2.05, 4.69) is 4.98 Å². The number of carbonyl (C=O) groups is 1. The van der Waals surface area contributed by atoms with Gasteiger partial charge >= 0.3 is 6.18 Å². The molecule has 1 amide bonds. The van der Waals surface area contributed by atoms with Gasteiger partial charge in [0, 0.05) is 17.5 Å². The number of carbonyl (C=O) groups excluding carboxylic acids is 1. The van der Waals surface area contributed by atoms with Crippen LogP contribution in [-0.4, -0.2) is 35.1 Å². The highest BCUT2D eigenvalue weighted by Crippen LogP contribution is 2.25. The molecule has 0 radical (unpaired) electrons. The fourth-order valence-electron chi connectivity index (χ4n) is 2.14. The number of amides is 1. The van der Waals surface area contributed by atoms with Crippen molar-refractivity contribution < 1.29 is 22.4 Å². The van der Waals surface area contributed by atoms with E-state index in [0.717, 1.165) is 16.2 Å². The zero-order valence-corrected chi connectivity index (χ0v) is 13.9. The first-order valence-electron chi connectivity index (χ1n) is 7.23. The van der Waals surface area contributed by atoms with E-state index >= 15 is 0 Å². The highest BCUT2D eigenvalue weighted by atomic mass is 32.1. The summed E-state index contributed by atoms with van der Waals surface area (Å²) in [6.45, 7) is 2.15. The predicted molar refractivity (Wildman–Crippen MR) is 84.3 cm³/mol. The van der Waals surface area contributed by atoms with Gasteiger partial charge in [0.1, 0.15) is 23.1 Å². The second-order valence-electron chi connectivity index (χ2n) is 5.74. The van der Waals surface area contributed by atoms with Crippen molar-refractivity contribution in [2.75, 3.05) is 13.1 Å². The van der Waals surface area contributed by atoms with Crippen LogP contribution in [0.2, 0.25) is 0 Å². The van der Waals surface area contributed by atoms with Gasteiger partial charge in [0.05, 0.1) is 0 Å². The van der Waals surface area contributed by atoms with Crippen LogP contribution in [0.1, 0.15) is 24.3 Å². The number of nitrogens with zero attached hydrogens (tertiary/aromatic N) is 2. The van der Waals surface area contributed by atoms with Crippen LogP contribution in [0, 0.1) is 11.7 Å². The molecule has 0 unspecified atom stereocenters. The van der Waals surface area contributed by atoms with Crippen LogP contribution < -0.4 is 0 Å². The molecule has 0 atom stereocenters. The summed E-state index contributed by atoms with van der Waals surface area (Å²) in [6, 6.07) is 5.52. The summed E-state index contributed by atoms with van der Waals surface area (Å²) < 4.78 is 51.0. The Morgan fingerprint density at radius 1 is 1.25 bits per heavy atom. The van der Waals surface area contributed by atoms with Gasteiger partial charge in [-0.25, -0.2) is 9.37 Å². The molecule has 0 saturated carbocycles. The van der Waals surface area contributed by atoms with Gasteiger partial charge in [-0.1, -0.05) is 13.8 Å². The van der Waals surface area contributed by atoms with Gasteiger partial charge in [-0.3, -0.25) is 4.79 Å². The first-order valence-corrected chi connectivity index (χ1v) is 8.11. The van der Waals surface area contributed by atoms with Crippen molar-refractivity contribution in [2.24, 2.45) is 5.92 Å². The molecule has 0 spiro atoms. The van der Waals surface area contributed by atoms with Crippen molar-refractivity contribution in [3.8, 4) is 10.6 Å². The van der Waals surface area contributed by atoms with E-state index in [4.69, 9.17) is 0 Å². The first kappa shape index (κ1) is 18.4. The Morgan fingerprint density at radius 2 is 1.88 bits per heavy atom. The lowest BCUT2D eigenvalue weighted by Gasteiger charge is -2.24. The van der Waals surface area contributed by atoms with Gasteiger partial charge in [-0.2, -0.15) is 13.2 Å². The number of halogens is 4. The summed E-state index contributed by atoms with van der Waals surface area (Å²) in [5, 5.41) is 1.87. The molecule has 1 aromatic carbocycles. The van der Waals surface area contributed by atoms with Crippen LogP contribution in [0.3, 0.4) is 0 Å². The second kappa shape index (κ2) is 7.29. The lowest BCUT2D eigenvalue weighted by molar-refractivity contribution is -0.141. The van der Waals surface area contributed by atoms with Crippen molar-refractivity contribution in [1.29, 1.82) is 0 Å². The Hall–Kier alpha value is -1.96. The lowest BCUT2D eigenvalue weighted by atomic mass is 10.2. The minimum absolute atomic E-state index is 0.0122. The minimum Gasteiger partial charge on any atom is -0.328 e. The molecule has 2 aromatic rings. The summed E-state index contributed by atoms with van der Waals surface area (Å²) in [5.74, 6) is -1.27. The quantitative estimate of drug-likeness (QED) is 0.730. The maximum atomic E-state index is 12.9. The van der Waals surface area contributed by atoms with E-state index in [0.29, 0.717) is 10.6 Å². The lowest BCUT2D eigenvalue weighted by Crippen LogP contribution is -2.41. The summed E-state index contributed by atoms with van der Waals surface area (Å²) in [6.07, 6.45) is -4.47. The van der Waals surface area contributed by atoms with E-state index in [1.54, 1.807) is 13.8 Å². The van der Waals surface area contributed by atoms with Crippen LogP contribution >= 0.6 is 11.3 Å². The maximum absolute atomic E-state index is 12.9. The number of hydrogen-bond acceptors (Lipinski definition) is 3. The van der Waals surface area contributed by atoms with Crippen molar-refractivity contribution in [3.63, 3.8) is 0 Å². The van der Waals surface area contributed by atoms with Crippen molar-refractivity contribution in [3.05, 3.63) is 41.2 Å². The molecule has 0 bridgehead atoms. The Bertz CT molecular complexity index is 695. The molecule has 0 aliphatic rings. The van der Waals surface area contributed by atoms with Crippen LogP contribution in [-0.2, 0) is 0 Å². The molecule has 0 N–H and O–H groups in total. The number of benzene rings is 1. The molecule has 1 heterocycles. The number of alkyl halides is 3. The molecule has 24 heavy (non-hydrogen) atoms. The molecule has 1 aromatic heterocycles. The third-order valence-electron chi connectivity index (χ3n) is 3.06. The van der Waals surface area contributed by atoms with E-state index < -0.39 is 24.4 Å². The third-order valence-corrected chi connectivity index (χ3v) is 3.95. The summed E-state index contributed by atoms with van der Waals surface area (Å²) >= 11 is 1.13. The average molecular weight is 360 g/mol. The van der Waals surface area contributed by atoms with Crippen molar-refractivity contribution in [2.45, 2.75) is 20.0 Å². The molecule has 3 nitrogen and oxygen atoms in total. The summed E-state index contributed by atoms with van der Waals surface area (Å²) in [5.41, 5.74) is 0.566. The maximum Gasteiger partial charge on any atom is 0.406 e. The Labute approximate surface area is 140 Å². The summed E-state index contributed by atoms with van der Waals surface area (Å²) in [7, 11) is 0. The van der Waals surface area contributed by atoms with Gasteiger partial charge in [0.25, 0.3) is 5.91 Å². The number of thiazole rings is 1. The van der Waals surface area contributed by atoms with Crippen LogP contribution in [0.4, 0.5) is 17.6 Å². The van der Waals surface area contributed by atoms with Crippen LogP contribution in [0.15, 0.2) is 29.6 Å². The van der Waals surface area contributed by atoms with E-state index in [1.807, 2.05) is 0 Å². The Morgan fingerprint density at radius 3 is 2.42 bits per heavy atom. The largest absolute Gasteiger partial charge is 0.406 e. The topological polar surface area (TPSA) is 33.2 Å². The normalized spacial score (nSPS) is 11.8. The highest BCUT2D eigenvalue weighted by Gasteiger charge is 2.34. The predicted octanol–water partition coefficient (Wildman–Crippen LogP) is 4.61. The zero-order valence-electron chi connectivity index (χ0n) is 13.1. The van der Waals surface area contributed by atoms with Crippen LogP contribution in [0.5, 0.6) is 0 Å². The molecular formula is C16H16F4N2OS. The van der Waals surface area contributed by atoms with E-state index in [1.165, 1.54) is 29.6 Å². The molecule has 2 rings (SSSR count). The molecule has 130 valence electrons. The number of rotatable bonds is 5. The first-order chi connectivity index (χ1) is 11.2. The van der Waals surface area contributed by atoms with Gasteiger partial charge in [-0.15, -0.1) is 11.3 Å². The zero-order chi connectivity index (χ0) is 17.9. The van der Waals surface area contributed by atoms with Gasteiger partial charge < -0.3 is 4.90 Å². The molecule has 0 aliphatic carbocycles. The Balaban J connectivity index is 2.22. The Kier molecular flexibility index (Phi) is 5.58.